The van der Waals surface area contributed by atoms with Crippen molar-refractivity contribution in [3.63, 3.8) is 0 Å². The third-order valence-electron chi connectivity index (χ3n) is 3.37. The van der Waals surface area contributed by atoms with E-state index in [4.69, 9.17) is 0 Å². The number of likely N-dealkylation sites (tertiary alicyclic amines) is 1. The molecule has 1 aliphatic heterocycles. The molecule has 0 spiro atoms. The van der Waals surface area contributed by atoms with Gasteiger partial charge in [0.05, 0.1) is 16.7 Å². The molecule has 4 heteroatoms. The third kappa shape index (κ3) is 2.44. The molecule has 0 radical (unpaired) electrons. The summed E-state index contributed by atoms with van der Waals surface area (Å²) in [7, 11) is 2.21. The number of nitrogens with zero attached hydrogens (tertiary/aromatic N) is 2. The van der Waals surface area contributed by atoms with E-state index in [1.807, 2.05) is 0 Å². The molecule has 90 valence electrons. The van der Waals surface area contributed by atoms with Crippen LogP contribution in [0.5, 0.6) is 0 Å². The van der Waals surface area contributed by atoms with Crippen LogP contribution in [0, 0.1) is 12.8 Å². The Morgan fingerprint density at radius 1 is 1.62 bits per heavy atom. The van der Waals surface area contributed by atoms with Gasteiger partial charge in [-0.3, -0.25) is 4.90 Å². The fourth-order valence-electron chi connectivity index (χ4n) is 2.55. The minimum atomic E-state index is 0.518. The van der Waals surface area contributed by atoms with E-state index in [1.165, 1.54) is 23.7 Å². The Morgan fingerprint density at radius 2 is 2.44 bits per heavy atom. The SMILES string of the molecule is CCNCC1CCN(C)C1c1csc(C)n1. The number of aryl methyl sites for hydroxylation is 1. The maximum Gasteiger partial charge on any atom is 0.0898 e. The molecule has 2 rings (SSSR count). The van der Waals surface area contributed by atoms with Gasteiger partial charge in [0.15, 0.2) is 0 Å². The number of rotatable bonds is 4. The van der Waals surface area contributed by atoms with E-state index < -0.39 is 0 Å². The minimum Gasteiger partial charge on any atom is -0.317 e. The van der Waals surface area contributed by atoms with Gasteiger partial charge in [0.25, 0.3) is 0 Å². The van der Waals surface area contributed by atoms with Crippen LogP contribution in [0.2, 0.25) is 0 Å². The van der Waals surface area contributed by atoms with Gasteiger partial charge in [-0.1, -0.05) is 6.92 Å². The molecular weight excluding hydrogens is 218 g/mol. The van der Waals surface area contributed by atoms with Crippen molar-refractivity contribution in [3.8, 4) is 0 Å². The quantitative estimate of drug-likeness (QED) is 0.871. The van der Waals surface area contributed by atoms with E-state index in [0.717, 1.165) is 13.1 Å². The van der Waals surface area contributed by atoms with Crippen LogP contribution >= 0.6 is 11.3 Å². The summed E-state index contributed by atoms with van der Waals surface area (Å²) in [4.78, 5) is 7.09. The number of hydrogen-bond donors (Lipinski definition) is 1. The fraction of sp³-hybridized carbons (Fsp3) is 0.750. The predicted octanol–water partition coefficient (Wildman–Crippen LogP) is 2.05. The topological polar surface area (TPSA) is 28.2 Å². The van der Waals surface area contributed by atoms with E-state index in [1.54, 1.807) is 11.3 Å². The molecule has 3 nitrogen and oxygen atoms in total. The van der Waals surface area contributed by atoms with Gasteiger partial charge >= 0.3 is 0 Å². The van der Waals surface area contributed by atoms with Gasteiger partial charge in [0.2, 0.25) is 0 Å². The smallest absolute Gasteiger partial charge is 0.0898 e. The third-order valence-corrected chi connectivity index (χ3v) is 4.16. The van der Waals surface area contributed by atoms with Gasteiger partial charge in [0.1, 0.15) is 0 Å². The molecule has 1 aliphatic rings. The Hall–Kier alpha value is -0.450. The Kier molecular flexibility index (Phi) is 3.95. The lowest BCUT2D eigenvalue weighted by Crippen LogP contribution is -2.28. The second-order valence-corrected chi connectivity index (χ2v) is 5.64. The molecular formula is C12H21N3S. The zero-order chi connectivity index (χ0) is 11.5. The summed E-state index contributed by atoms with van der Waals surface area (Å²) in [6, 6.07) is 0.518. The van der Waals surface area contributed by atoms with E-state index in [-0.39, 0.29) is 0 Å². The molecule has 1 saturated heterocycles. The molecule has 2 heterocycles. The van der Waals surface area contributed by atoms with Gasteiger partial charge in [-0.05, 0) is 45.9 Å². The molecule has 2 unspecified atom stereocenters. The molecule has 0 saturated carbocycles. The van der Waals surface area contributed by atoms with Crippen LogP contribution in [0.4, 0.5) is 0 Å². The van der Waals surface area contributed by atoms with Crippen molar-refractivity contribution in [1.82, 2.24) is 15.2 Å². The number of thiazole rings is 1. The molecule has 0 aromatic carbocycles. The summed E-state index contributed by atoms with van der Waals surface area (Å²) < 4.78 is 0. The summed E-state index contributed by atoms with van der Waals surface area (Å²) in [6.07, 6.45) is 1.28. The number of hydrogen-bond acceptors (Lipinski definition) is 4. The van der Waals surface area contributed by atoms with E-state index >= 15 is 0 Å². The monoisotopic (exact) mass is 239 g/mol. The van der Waals surface area contributed by atoms with Gasteiger partial charge in [-0.15, -0.1) is 11.3 Å². The first-order valence-corrected chi connectivity index (χ1v) is 6.93. The van der Waals surface area contributed by atoms with Gasteiger partial charge in [-0.25, -0.2) is 4.98 Å². The van der Waals surface area contributed by atoms with Crippen LogP contribution in [0.1, 0.15) is 30.1 Å². The Morgan fingerprint density at radius 3 is 3.06 bits per heavy atom. The number of aromatic nitrogens is 1. The second-order valence-electron chi connectivity index (χ2n) is 4.57. The predicted molar refractivity (Wildman–Crippen MR) is 68.9 cm³/mol. The summed E-state index contributed by atoms with van der Waals surface area (Å²) >= 11 is 1.76. The van der Waals surface area contributed by atoms with Crippen molar-refractivity contribution in [2.45, 2.75) is 26.3 Å². The summed E-state index contributed by atoms with van der Waals surface area (Å²) in [5.41, 5.74) is 1.27. The van der Waals surface area contributed by atoms with Crippen LogP contribution < -0.4 is 5.32 Å². The summed E-state index contributed by atoms with van der Waals surface area (Å²) in [6.45, 7) is 7.62. The Bertz CT molecular complexity index is 337. The average molecular weight is 239 g/mol. The zero-order valence-corrected chi connectivity index (χ0v) is 11.2. The molecule has 1 aromatic rings. The highest BCUT2D eigenvalue weighted by Gasteiger charge is 2.33. The molecule has 0 amide bonds. The lowest BCUT2D eigenvalue weighted by Gasteiger charge is -2.23. The minimum absolute atomic E-state index is 0.518. The first-order valence-electron chi connectivity index (χ1n) is 6.05. The highest BCUT2D eigenvalue weighted by molar-refractivity contribution is 7.09. The standard InChI is InChI=1S/C12H21N3S/c1-4-13-7-10-5-6-15(3)12(10)11-8-16-9(2)14-11/h8,10,12-13H,4-7H2,1-3H3. The Balaban J connectivity index is 2.09. The van der Waals surface area contributed by atoms with Crippen molar-refractivity contribution in [1.29, 1.82) is 0 Å². The van der Waals surface area contributed by atoms with Crippen molar-refractivity contribution >= 4 is 11.3 Å². The lowest BCUT2D eigenvalue weighted by atomic mass is 9.98. The highest BCUT2D eigenvalue weighted by Crippen LogP contribution is 2.35. The van der Waals surface area contributed by atoms with E-state index in [0.29, 0.717) is 12.0 Å². The average Bonchev–Trinajstić information content (AvgIpc) is 2.82. The van der Waals surface area contributed by atoms with Crippen molar-refractivity contribution in [2.24, 2.45) is 5.92 Å². The molecule has 16 heavy (non-hydrogen) atoms. The highest BCUT2D eigenvalue weighted by atomic mass is 32.1. The van der Waals surface area contributed by atoms with Crippen LogP contribution in [-0.4, -0.2) is 36.6 Å². The van der Waals surface area contributed by atoms with E-state index in [9.17, 15) is 0 Å². The summed E-state index contributed by atoms with van der Waals surface area (Å²) in [5, 5.41) is 6.87. The maximum atomic E-state index is 4.65. The zero-order valence-electron chi connectivity index (χ0n) is 10.4. The van der Waals surface area contributed by atoms with Crippen LogP contribution in [0.3, 0.4) is 0 Å². The van der Waals surface area contributed by atoms with Crippen molar-refractivity contribution < 1.29 is 0 Å². The first-order chi connectivity index (χ1) is 7.72. The van der Waals surface area contributed by atoms with Crippen molar-refractivity contribution in [3.05, 3.63) is 16.1 Å². The molecule has 1 fully saturated rings. The van der Waals surface area contributed by atoms with Crippen LogP contribution in [0.25, 0.3) is 0 Å². The van der Waals surface area contributed by atoms with Gasteiger partial charge in [0, 0.05) is 5.38 Å². The summed E-state index contributed by atoms with van der Waals surface area (Å²) in [5.74, 6) is 0.714. The van der Waals surface area contributed by atoms with Gasteiger partial charge < -0.3 is 5.32 Å². The first kappa shape index (κ1) is 12.0. The Labute approximate surface area is 102 Å². The number of nitrogens with one attached hydrogen (secondary N) is 1. The van der Waals surface area contributed by atoms with Crippen LogP contribution in [-0.2, 0) is 0 Å². The largest absolute Gasteiger partial charge is 0.317 e. The molecule has 0 bridgehead atoms. The fourth-order valence-corrected chi connectivity index (χ4v) is 3.19. The maximum absolute atomic E-state index is 4.65. The second kappa shape index (κ2) is 5.25. The molecule has 1 aromatic heterocycles. The lowest BCUT2D eigenvalue weighted by molar-refractivity contribution is 0.268. The normalized spacial score (nSPS) is 26.4. The molecule has 1 N–H and O–H groups in total. The van der Waals surface area contributed by atoms with Crippen molar-refractivity contribution in [2.75, 3.05) is 26.7 Å². The molecule has 0 aliphatic carbocycles. The van der Waals surface area contributed by atoms with Gasteiger partial charge in [-0.2, -0.15) is 0 Å². The van der Waals surface area contributed by atoms with E-state index in [2.05, 4.69) is 41.5 Å². The van der Waals surface area contributed by atoms with Crippen LogP contribution in [0.15, 0.2) is 5.38 Å². The molecule has 2 atom stereocenters.